The maximum absolute atomic E-state index is 13.0. The fraction of sp³-hybridized carbons (Fsp3) is 0.273. The fourth-order valence-electron chi connectivity index (χ4n) is 4.47. The van der Waals surface area contributed by atoms with Gasteiger partial charge in [-0.15, -0.1) is 0 Å². The molecule has 1 atom stereocenters. The highest BCUT2D eigenvalue weighted by molar-refractivity contribution is 7.89. The normalized spacial score (nSPS) is 12.5. The van der Waals surface area contributed by atoms with Gasteiger partial charge in [0.15, 0.2) is 11.5 Å². The molecule has 0 aliphatic rings. The third-order valence-electron chi connectivity index (χ3n) is 6.57. The minimum absolute atomic E-state index is 0.0700. The van der Waals surface area contributed by atoms with Crippen LogP contribution in [0.25, 0.3) is 10.8 Å². The SMILES string of the molecule is CCOc1cc(/C=N\NC(=O)[C@@H](CC(C)C)NS(=O)(=O)c2ccc(C)cc2)ccc1OCc1cccc2ccccc12. The Morgan fingerprint density at radius 1 is 0.929 bits per heavy atom. The molecule has 0 fully saturated rings. The first-order valence-corrected chi connectivity index (χ1v) is 15.4. The molecule has 220 valence electrons. The standard InChI is InChI=1S/C33H37N3O5S/c1-5-40-32-20-25(15-18-31(32)41-22-27-11-8-10-26-9-6-7-12-29(26)27)21-34-35-33(37)30(19-23(2)3)36-42(38,39)28-16-13-24(4)14-17-28/h6-18,20-21,23,30,36H,5,19,22H2,1-4H3,(H,35,37)/b34-21-/t30-/m1/s1. The Bertz CT molecular complexity index is 1650. The zero-order valence-electron chi connectivity index (χ0n) is 24.3. The average Bonchev–Trinajstić information content (AvgIpc) is 2.96. The average molecular weight is 588 g/mol. The van der Waals surface area contributed by atoms with E-state index in [1.54, 1.807) is 24.3 Å². The van der Waals surface area contributed by atoms with Crippen LogP contribution in [0.1, 0.15) is 43.9 Å². The van der Waals surface area contributed by atoms with Crippen molar-refractivity contribution in [2.45, 2.75) is 51.7 Å². The Morgan fingerprint density at radius 2 is 1.67 bits per heavy atom. The van der Waals surface area contributed by atoms with Crippen LogP contribution in [0.15, 0.2) is 94.9 Å². The van der Waals surface area contributed by atoms with E-state index in [9.17, 15) is 13.2 Å². The van der Waals surface area contributed by atoms with Gasteiger partial charge in [-0.25, -0.2) is 13.8 Å². The third kappa shape index (κ3) is 8.18. The summed E-state index contributed by atoms with van der Waals surface area (Å²) in [7, 11) is -3.89. The second-order valence-corrected chi connectivity index (χ2v) is 12.1. The molecule has 0 spiro atoms. The molecule has 0 aliphatic carbocycles. The van der Waals surface area contributed by atoms with E-state index in [0.29, 0.717) is 36.7 Å². The van der Waals surface area contributed by atoms with Crippen molar-refractivity contribution in [3.8, 4) is 11.5 Å². The maximum Gasteiger partial charge on any atom is 0.258 e. The number of carbonyl (C=O) groups is 1. The molecule has 0 heterocycles. The molecule has 0 aliphatic heterocycles. The number of aryl methyl sites for hydroxylation is 1. The van der Waals surface area contributed by atoms with Crippen molar-refractivity contribution in [1.29, 1.82) is 0 Å². The van der Waals surface area contributed by atoms with Crippen molar-refractivity contribution in [2.24, 2.45) is 11.0 Å². The van der Waals surface area contributed by atoms with Gasteiger partial charge in [0.1, 0.15) is 12.6 Å². The van der Waals surface area contributed by atoms with Crippen molar-refractivity contribution >= 4 is 32.9 Å². The molecule has 0 saturated carbocycles. The molecular formula is C33H37N3O5S. The largest absolute Gasteiger partial charge is 0.490 e. The van der Waals surface area contributed by atoms with Crippen LogP contribution >= 0.6 is 0 Å². The lowest BCUT2D eigenvalue weighted by atomic mass is 10.0. The summed E-state index contributed by atoms with van der Waals surface area (Å²) >= 11 is 0. The van der Waals surface area contributed by atoms with Gasteiger partial charge in [0.25, 0.3) is 5.91 Å². The Hall–Kier alpha value is -4.21. The molecule has 1 amide bonds. The molecule has 4 rings (SSSR count). The van der Waals surface area contributed by atoms with E-state index < -0.39 is 22.0 Å². The van der Waals surface area contributed by atoms with Crippen molar-refractivity contribution in [3.05, 3.63) is 102 Å². The van der Waals surface area contributed by atoms with Crippen molar-refractivity contribution in [2.75, 3.05) is 6.61 Å². The van der Waals surface area contributed by atoms with Crippen LogP contribution in [0.5, 0.6) is 11.5 Å². The third-order valence-corrected chi connectivity index (χ3v) is 8.06. The van der Waals surface area contributed by atoms with Gasteiger partial charge >= 0.3 is 0 Å². The molecule has 8 nitrogen and oxygen atoms in total. The predicted octanol–water partition coefficient (Wildman–Crippen LogP) is 5.97. The minimum atomic E-state index is -3.89. The number of nitrogens with one attached hydrogen (secondary N) is 2. The second kappa shape index (κ2) is 14.1. The molecule has 0 aromatic heterocycles. The second-order valence-electron chi connectivity index (χ2n) is 10.4. The molecule has 0 bridgehead atoms. The van der Waals surface area contributed by atoms with E-state index >= 15 is 0 Å². The Morgan fingerprint density at radius 3 is 2.40 bits per heavy atom. The van der Waals surface area contributed by atoms with Crippen LogP contribution in [0.3, 0.4) is 0 Å². The highest BCUT2D eigenvalue weighted by atomic mass is 32.2. The van der Waals surface area contributed by atoms with Crippen LogP contribution in [0, 0.1) is 12.8 Å². The first-order valence-electron chi connectivity index (χ1n) is 13.9. The number of ether oxygens (including phenoxy) is 2. The number of benzene rings is 4. The molecule has 4 aromatic carbocycles. The molecule has 42 heavy (non-hydrogen) atoms. The van der Waals surface area contributed by atoms with Crippen molar-refractivity contribution in [3.63, 3.8) is 0 Å². The first-order chi connectivity index (χ1) is 20.2. The summed E-state index contributed by atoms with van der Waals surface area (Å²) in [6, 6.07) is 25.2. The summed E-state index contributed by atoms with van der Waals surface area (Å²) in [5, 5.41) is 6.37. The maximum atomic E-state index is 13.0. The summed E-state index contributed by atoms with van der Waals surface area (Å²) in [5.41, 5.74) is 5.17. The van der Waals surface area contributed by atoms with E-state index in [-0.39, 0.29) is 10.8 Å². The van der Waals surface area contributed by atoms with E-state index in [0.717, 1.165) is 21.9 Å². The number of sulfonamides is 1. The smallest absolute Gasteiger partial charge is 0.258 e. The van der Waals surface area contributed by atoms with Crippen LogP contribution in [-0.2, 0) is 21.4 Å². The van der Waals surface area contributed by atoms with Crippen LogP contribution in [0.4, 0.5) is 0 Å². The van der Waals surface area contributed by atoms with Gasteiger partial charge in [0, 0.05) is 0 Å². The Kier molecular flexibility index (Phi) is 10.3. The van der Waals surface area contributed by atoms with Gasteiger partial charge in [0.05, 0.1) is 17.7 Å². The molecule has 9 heteroatoms. The lowest BCUT2D eigenvalue weighted by Crippen LogP contribution is -2.46. The summed E-state index contributed by atoms with van der Waals surface area (Å²) in [5.74, 6) is 0.668. The van der Waals surface area contributed by atoms with Crippen LogP contribution in [0.2, 0.25) is 0 Å². The topological polar surface area (TPSA) is 106 Å². The zero-order valence-corrected chi connectivity index (χ0v) is 25.1. The number of hydrazone groups is 1. The van der Waals surface area contributed by atoms with E-state index in [4.69, 9.17) is 9.47 Å². The van der Waals surface area contributed by atoms with Gasteiger partial charge in [0.2, 0.25) is 10.0 Å². The summed E-state index contributed by atoms with van der Waals surface area (Å²) in [6.45, 7) is 8.43. The van der Waals surface area contributed by atoms with Crippen molar-refractivity contribution < 1.29 is 22.7 Å². The molecule has 0 unspecified atom stereocenters. The summed E-state index contributed by atoms with van der Waals surface area (Å²) in [4.78, 5) is 13.1. The number of fused-ring (bicyclic) bond motifs is 1. The number of hydrogen-bond acceptors (Lipinski definition) is 6. The lowest BCUT2D eigenvalue weighted by molar-refractivity contribution is -0.123. The summed E-state index contributed by atoms with van der Waals surface area (Å²) < 4.78 is 40.3. The van der Waals surface area contributed by atoms with Gasteiger partial charge in [-0.05, 0) is 78.4 Å². The van der Waals surface area contributed by atoms with E-state index in [1.807, 2.05) is 58.0 Å². The predicted molar refractivity (Wildman–Crippen MR) is 166 cm³/mol. The molecular weight excluding hydrogens is 550 g/mol. The monoisotopic (exact) mass is 587 g/mol. The number of amides is 1. The molecule has 0 saturated heterocycles. The highest BCUT2D eigenvalue weighted by Crippen LogP contribution is 2.30. The number of carbonyl (C=O) groups excluding carboxylic acids is 1. The zero-order chi connectivity index (χ0) is 30.1. The highest BCUT2D eigenvalue weighted by Gasteiger charge is 2.26. The number of hydrogen-bond donors (Lipinski definition) is 2. The fourth-order valence-corrected chi connectivity index (χ4v) is 5.68. The first kappa shape index (κ1) is 30.7. The number of rotatable bonds is 13. The Balaban J connectivity index is 1.43. The van der Waals surface area contributed by atoms with Gasteiger partial charge in [-0.1, -0.05) is 74.0 Å². The molecule has 0 radical (unpaired) electrons. The van der Waals surface area contributed by atoms with Crippen molar-refractivity contribution in [1.82, 2.24) is 10.1 Å². The van der Waals surface area contributed by atoms with E-state index in [1.165, 1.54) is 18.3 Å². The van der Waals surface area contributed by atoms with Gasteiger partial charge in [-0.2, -0.15) is 9.82 Å². The Labute approximate surface area is 247 Å². The quantitative estimate of drug-likeness (QED) is 0.148. The molecule has 4 aromatic rings. The van der Waals surface area contributed by atoms with Crippen LogP contribution < -0.4 is 19.6 Å². The minimum Gasteiger partial charge on any atom is -0.490 e. The molecule has 2 N–H and O–H groups in total. The van der Waals surface area contributed by atoms with Gasteiger partial charge in [-0.3, -0.25) is 4.79 Å². The lowest BCUT2D eigenvalue weighted by Gasteiger charge is -2.19. The van der Waals surface area contributed by atoms with E-state index in [2.05, 4.69) is 33.4 Å². The van der Waals surface area contributed by atoms with Gasteiger partial charge < -0.3 is 9.47 Å². The van der Waals surface area contributed by atoms with Crippen LogP contribution in [-0.4, -0.2) is 33.2 Å². The summed E-state index contributed by atoms with van der Waals surface area (Å²) in [6.07, 6.45) is 1.79. The number of nitrogens with zero attached hydrogens (tertiary/aromatic N) is 1.